The number of benzene rings is 2. The molecule has 0 bridgehead atoms. The fraction of sp³-hybridized carbons (Fsp3) is 0.261. The van der Waals surface area contributed by atoms with Gasteiger partial charge >= 0.3 is 12.2 Å². The molecule has 34 heavy (non-hydrogen) atoms. The molecule has 7 nitrogen and oxygen atoms in total. The third-order valence-corrected chi connectivity index (χ3v) is 7.59. The minimum absolute atomic E-state index is 0.0559. The smallest absolute Gasteiger partial charge is 0.335 e. The molecule has 1 aliphatic heterocycles. The van der Waals surface area contributed by atoms with E-state index in [1.165, 1.54) is 45.0 Å². The predicted octanol–water partition coefficient (Wildman–Crippen LogP) is 5.18. The second-order valence-electron chi connectivity index (χ2n) is 7.81. The number of nitrogens with zero attached hydrogens (tertiary/aromatic N) is 3. The van der Waals surface area contributed by atoms with Crippen molar-refractivity contribution in [3.8, 4) is 6.07 Å². The van der Waals surface area contributed by atoms with E-state index in [1.807, 2.05) is 6.07 Å². The van der Waals surface area contributed by atoms with Crippen LogP contribution >= 0.6 is 0 Å². The summed E-state index contributed by atoms with van der Waals surface area (Å²) in [7, 11) is -3.91. The minimum atomic E-state index is -4.63. The van der Waals surface area contributed by atoms with E-state index in [2.05, 4.69) is 10.2 Å². The van der Waals surface area contributed by atoms with Gasteiger partial charge in [-0.05, 0) is 56.7 Å². The third-order valence-electron chi connectivity index (χ3n) is 5.38. The molecule has 0 fully saturated rings. The van der Waals surface area contributed by atoms with Gasteiger partial charge in [-0.2, -0.15) is 18.4 Å². The van der Waals surface area contributed by atoms with Crippen molar-refractivity contribution in [2.45, 2.75) is 43.1 Å². The van der Waals surface area contributed by atoms with Crippen LogP contribution < -0.4 is 10.2 Å². The number of nitrogens with one attached hydrogen (secondary N) is 1. The minimum Gasteiger partial charge on any atom is -0.335 e. The number of carbonyl (C=O) groups is 1. The van der Waals surface area contributed by atoms with E-state index in [-0.39, 0.29) is 33.1 Å². The number of allylic oxidation sites excluding steroid dienone is 1. The first-order valence-electron chi connectivity index (χ1n) is 9.97. The molecular weight excluding hydrogens is 469 g/mol. The van der Waals surface area contributed by atoms with Gasteiger partial charge in [-0.1, -0.05) is 12.1 Å². The van der Waals surface area contributed by atoms with E-state index in [9.17, 15) is 31.6 Å². The molecular formula is C23H19F3N4O3S. The Balaban J connectivity index is 2.21. The van der Waals surface area contributed by atoms with Crippen LogP contribution in [0.1, 0.15) is 43.5 Å². The van der Waals surface area contributed by atoms with E-state index in [4.69, 9.17) is 6.57 Å². The number of nitriles is 1. The number of sulfone groups is 1. The Bertz CT molecular complexity index is 1380. The summed E-state index contributed by atoms with van der Waals surface area (Å²) in [6, 6.07) is 7.89. The zero-order chi connectivity index (χ0) is 25.4. The number of urea groups is 1. The van der Waals surface area contributed by atoms with Crippen LogP contribution in [0.3, 0.4) is 0 Å². The van der Waals surface area contributed by atoms with Crippen LogP contribution in [0.4, 0.5) is 23.7 Å². The predicted molar refractivity (Wildman–Crippen MR) is 118 cm³/mol. The molecule has 0 aromatic heterocycles. The summed E-state index contributed by atoms with van der Waals surface area (Å²) in [5.74, 6) is 0. The van der Waals surface area contributed by atoms with Crippen molar-refractivity contribution in [1.29, 1.82) is 5.26 Å². The van der Waals surface area contributed by atoms with Gasteiger partial charge in [0.15, 0.2) is 9.84 Å². The SMILES string of the molecule is [C-]#[N+]C1=C(C)N(c2cccc(C(F)(F)F)c2)C(=O)NC1c1ccc(C#N)cc1S(=O)(=O)C(C)C. The number of rotatable bonds is 4. The van der Waals surface area contributed by atoms with Gasteiger partial charge in [0.05, 0.1) is 40.0 Å². The Morgan fingerprint density at radius 1 is 1.21 bits per heavy atom. The van der Waals surface area contributed by atoms with Crippen LogP contribution in [0.5, 0.6) is 0 Å². The average Bonchev–Trinajstić information content (AvgIpc) is 2.78. The molecule has 176 valence electrons. The first-order valence-corrected chi connectivity index (χ1v) is 11.5. The molecule has 11 heteroatoms. The maximum atomic E-state index is 13.2. The lowest BCUT2D eigenvalue weighted by Gasteiger charge is -2.35. The highest BCUT2D eigenvalue weighted by Gasteiger charge is 2.38. The van der Waals surface area contributed by atoms with Gasteiger partial charge in [0.2, 0.25) is 5.70 Å². The molecule has 0 saturated heterocycles. The molecule has 1 N–H and O–H groups in total. The maximum absolute atomic E-state index is 13.2. The molecule has 1 unspecified atom stereocenters. The highest BCUT2D eigenvalue weighted by molar-refractivity contribution is 7.92. The van der Waals surface area contributed by atoms with Crippen molar-refractivity contribution < 1.29 is 26.4 Å². The van der Waals surface area contributed by atoms with E-state index < -0.39 is 38.9 Å². The average molecular weight is 488 g/mol. The van der Waals surface area contributed by atoms with Gasteiger partial charge < -0.3 is 5.32 Å². The van der Waals surface area contributed by atoms with Crippen LogP contribution in [0, 0.1) is 17.9 Å². The van der Waals surface area contributed by atoms with Crippen LogP contribution in [0.25, 0.3) is 4.85 Å². The third kappa shape index (κ3) is 4.35. The Hall–Kier alpha value is -3.83. The van der Waals surface area contributed by atoms with Crippen LogP contribution in [-0.4, -0.2) is 19.7 Å². The van der Waals surface area contributed by atoms with Gasteiger partial charge in [-0.3, -0.25) is 4.90 Å². The fourth-order valence-corrected chi connectivity index (χ4v) is 4.89. The number of hydrogen-bond acceptors (Lipinski definition) is 4. The molecule has 0 aliphatic carbocycles. The highest BCUT2D eigenvalue weighted by atomic mass is 32.2. The van der Waals surface area contributed by atoms with Crippen molar-refractivity contribution in [3.05, 3.63) is 82.0 Å². The van der Waals surface area contributed by atoms with Gasteiger partial charge in [0.25, 0.3) is 0 Å². The summed E-state index contributed by atoms with van der Waals surface area (Å²) in [6.07, 6.45) is -4.63. The lowest BCUT2D eigenvalue weighted by atomic mass is 9.99. The van der Waals surface area contributed by atoms with Gasteiger partial charge in [-0.25, -0.2) is 18.1 Å². The fourth-order valence-electron chi connectivity index (χ4n) is 3.58. The number of hydrogen-bond donors (Lipinski definition) is 1. The first-order chi connectivity index (χ1) is 15.8. The first kappa shape index (κ1) is 24.8. The largest absolute Gasteiger partial charge is 0.416 e. The number of alkyl halides is 3. The summed E-state index contributed by atoms with van der Waals surface area (Å²) in [5, 5.41) is 10.9. The van der Waals surface area contributed by atoms with E-state index in [1.54, 1.807) is 0 Å². The zero-order valence-electron chi connectivity index (χ0n) is 18.3. The summed E-state index contributed by atoms with van der Waals surface area (Å²) in [5.41, 5.74) is -0.896. The monoisotopic (exact) mass is 488 g/mol. The molecule has 0 saturated carbocycles. The zero-order valence-corrected chi connectivity index (χ0v) is 19.1. The van der Waals surface area contributed by atoms with Crippen molar-refractivity contribution in [1.82, 2.24) is 5.32 Å². The second kappa shape index (κ2) is 8.84. The standard InChI is InChI=1S/C23H19F3N4O3S/c1-13(2)34(32,33)19-10-15(12-27)8-9-18(19)21-20(28-4)14(3)30(22(31)29-21)17-7-5-6-16(11-17)23(24,25)26/h5-11,13,21H,1-3H3,(H,29,31). The molecule has 3 rings (SSSR count). The van der Waals surface area contributed by atoms with Crippen LogP contribution in [0.15, 0.2) is 58.8 Å². The lowest BCUT2D eigenvalue weighted by Crippen LogP contribution is -2.46. The van der Waals surface area contributed by atoms with E-state index in [0.717, 1.165) is 23.1 Å². The summed E-state index contributed by atoms with van der Waals surface area (Å²) < 4.78 is 65.6. The quantitative estimate of drug-likeness (QED) is 0.600. The summed E-state index contributed by atoms with van der Waals surface area (Å²) in [4.78, 5) is 17.2. The molecule has 2 aromatic carbocycles. The Kier molecular flexibility index (Phi) is 6.45. The molecule has 1 heterocycles. The topological polar surface area (TPSA) is 94.6 Å². The van der Waals surface area contributed by atoms with E-state index >= 15 is 0 Å². The summed E-state index contributed by atoms with van der Waals surface area (Å²) >= 11 is 0. The second-order valence-corrected chi connectivity index (χ2v) is 10.3. The van der Waals surface area contributed by atoms with Crippen molar-refractivity contribution in [2.24, 2.45) is 0 Å². The van der Waals surface area contributed by atoms with Crippen molar-refractivity contribution in [2.75, 3.05) is 4.90 Å². The molecule has 1 aliphatic rings. The van der Waals surface area contributed by atoms with Gasteiger partial charge in [-0.15, -0.1) is 0 Å². The number of halogens is 3. The van der Waals surface area contributed by atoms with E-state index in [0.29, 0.717) is 0 Å². The number of amides is 2. The summed E-state index contributed by atoms with van der Waals surface area (Å²) in [6.45, 7) is 12.0. The number of carbonyl (C=O) groups excluding carboxylic acids is 1. The maximum Gasteiger partial charge on any atom is 0.416 e. The molecule has 0 spiro atoms. The van der Waals surface area contributed by atoms with Crippen LogP contribution in [0.2, 0.25) is 0 Å². The normalized spacial score (nSPS) is 16.8. The van der Waals surface area contributed by atoms with Crippen LogP contribution in [-0.2, 0) is 16.0 Å². The van der Waals surface area contributed by atoms with Crippen molar-refractivity contribution in [3.63, 3.8) is 0 Å². The van der Waals surface area contributed by atoms with Gasteiger partial charge in [0.1, 0.15) is 0 Å². The lowest BCUT2D eigenvalue weighted by molar-refractivity contribution is -0.137. The number of anilines is 1. The molecule has 1 atom stereocenters. The molecule has 2 amide bonds. The Morgan fingerprint density at radius 3 is 2.44 bits per heavy atom. The molecule has 0 radical (unpaired) electrons. The molecule has 2 aromatic rings. The Morgan fingerprint density at radius 2 is 1.88 bits per heavy atom. The Labute approximate surface area is 194 Å². The van der Waals surface area contributed by atoms with Gasteiger partial charge in [0, 0.05) is 11.4 Å². The highest BCUT2D eigenvalue weighted by Crippen LogP contribution is 2.39. The van der Waals surface area contributed by atoms with Crippen molar-refractivity contribution >= 4 is 21.6 Å².